The van der Waals surface area contributed by atoms with Crippen LogP contribution < -0.4 is 18.9 Å². The van der Waals surface area contributed by atoms with E-state index in [2.05, 4.69) is 32.8 Å². The number of fused-ring (bicyclic) bond motifs is 25. The number of hydrogen-bond acceptors (Lipinski definition) is 15. The Hall–Kier alpha value is -3.32. The van der Waals surface area contributed by atoms with E-state index in [9.17, 15) is 0 Å². The van der Waals surface area contributed by atoms with Crippen molar-refractivity contribution in [2.24, 2.45) is 0 Å². The Kier molecular flexibility index (Phi) is 24.5. The van der Waals surface area contributed by atoms with Gasteiger partial charge in [-0.25, -0.2) is 0 Å². The van der Waals surface area contributed by atoms with Gasteiger partial charge in [-0.05, 0) is 35.4 Å². The van der Waals surface area contributed by atoms with Gasteiger partial charge in [-0.1, -0.05) is 37.4 Å². The molecule has 0 saturated carbocycles. The largest absolute Gasteiger partial charge is 0.488 e. The summed E-state index contributed by atoms with van der Waals surface area (Å²) in [6.45, 7) is 28.8. The predicted octanol–water partition coefficient (Wildman–Crippen LogP) is 3.55. The van der Waals surface area contributed by atoms with Gasteiger partial charge in [0.25, 0.3) is 0 Å². The molecule has 15 nitrogen and oxygen atoms in total. The topological polar surface area (TPSA) is 114 Å². The van der Waals surface area contributed by atoms with E-state index in [4.69, 9.17) is 52.1 Å². The number of ether oxygens (including phenoxy) is 11. The van der Waals surface area contributed by atoms with Crippen molar-refractivity contribution in [3.8, 4) is 23.0 Å². The van der Waals surface area contributed by atoms with Crippen LogP contribution in [0.25, 0.3) is 12.2 Å². The molecule has 7 rings (SSSR count). The summed E-state index contributed by atoms with van der Waals surface area (Å²) < 4.78 is 64.9. The van der Waals surface area contributed by atoms with Gasteiger partial charge < -0.3 is 52.1 Å². The van der Waals surface area contributed by atoms with Crippen molar-refractivity contribution < 1.29 is 52.1 Å². The molecule has 5 aliphatic rings. The van der Waals surface area contributed by atoms with E-state index in [1.807, 2.05) is 48.6 Å². The molecule has 2 atom stereocenters. The fourth-order valence-electron chi connectivity index (χ4n) is 6.86. The molecule has 0 amide bonds. The third-order valence-corrected chi connectivity index (χ3v) is 10.6. The maximum Gasteiger partial charge on any atom is 0.161 e. The molecule has 0 radical (unpaired) electrons. The van der Waals surface area contributed by atoms with Crippen LogP contribution in [0.15, 0.2) is 49.6 Å². The number of hydrogen-bond donors (Lipinski definition) is 0. The van der Waals surface area contributed by atoms with Crippen molar-refractivity contribution in [1.29, 1.82) is 0 Å². The molecular weight excluding hydrogens is 785 g/mol. The molecule has 0 aliphatic carbocycles. The van der Waals surface area contributed by atoms with Crippen molar-refractivity contribution in [2.75, 3.05) is 197 Å². The second kappa shape index (κ2) is 30.7. The molecule has 2 aromatic carbocycles. The van der Waals surface area contributed by atoms with Crippen LogP contribution in [0.5, 0.6) is 23.0 Å². The molecule has 0 spiro atoms. The van der Waals surface area contributed by atoms with E-state index in [1.54, 1.807) is 0 Å². The van der Waals surface area contributed by atoms with Crippen molar-refractivity contribution in [3.63, 3.8) is 0 Å². The van der Waals surface area contributed by atoms with Crippen LogP contribution in [-0.4, -0.2) is 217 Å². The van der Waals surface area contributed by atoms with Crippen LogP contribution in [0.4, 0.5) is 0 Å². The highest BCUT2D eigenvalue weighted by Crippen LogP contribution is 2.30. The number of benzene rings is 2. The molecule has 2 unspecified atom stereocenters. The van der Waals surface area contributed by atoms with E-state index in [0.29, 0.717) is 119 Å². The molecule has 2 fully saturated rings. The fourth-order valence-corrected chi connectivity index (χ4v) is 6.86. The zero-order chi connectivity index (χ0) is 42.4. The Bertz CT molecular complexity index is 1470. The first-order chi connectivity index (χ1) is 30.2. The van der Waals surface area contributed by atoms with E-state index in [1.165, 1.54) is 0 Å². The Morgan fingerprint density at radius 1 is 0.295 bits per heavy atom. The molecule has 5 aliphatic heterocycles. The Balaban J connectivity index is 0.000000232. The first-order valence-corrected chi connectivity index (χ1v) is 22.2. The van der Waals surface area contributed by atoms with Crippen LogP contribution in [0.1, 0.15) is 11.1 Å². The van der Waals surface area contributed by atoms with Crippen LogP contribution in [0.3, 0.4) is 0 Å². The number of nitrogens with zero attached hydrogens (tertiary/aromatic N) is 4. The van der Waals surface area contributed by atoms with Crippen LogP contribution in [0, 0.1) is 0 Å². The highest BCUT2D eigenvalue weighted by atomic mass is 16.5. The molecule has 61 heavy (non-hydrogen) atoms. The van der Waals surface area contributed by atoms with E-state index < -0.39 is 0 Å². The highest BCUT2D eigenvalue weighted by Gasteiger charge is 2.15. The fraction of sp³-hybridized carbons (Fsp3) is 0.652. The second-order valence-electron chi connectivity index (χ2n) is 14.9. The molecule has 0 aromatic heterocycles. The predicted molar refractivity (Wildman–Crippen MR) is 237 cm³/mol. The van der Waals surface area contributed by atoms with E-state index in [0.717, 1.165) is 113 Å². The lowest BCUT2D eigenvalue weighted by atomic mass is 10.2. The SMILES string of the molecule is C=Cc1ccc2c(c1)OCCN1CCOCCOCCN(CCOCC1)CCO2.C=Cc1ccc2c(c1)OCCN1CCOCCOCCN(CCOCCOCC1)CCO2. The monoisotopic (exact) mass is 857 g/mol. The lowest BCUT2D eigenvalue weighted by Crippen LogP contribution is -2.36. The maximum absolute atomic E-state index is 6.15. The Labute approximate surface area is 364 Å². The quantitative estimate of drug-likeness (QED) is 0.410. The van der Waals surface area contributed by atoms with Gasteiger partial charge in [0.05, 0.1) is 92.5 Å². The molecular formula is C46H72N4O11. The molecule has 342 valence electrons. The normalized spacial score (nSPS) is 25.6. The maximum atomic E-state index is 6.15. The lowest BCUT2D eigenvalue weighted by Gasteiger charge is -2.25. The van der Waals surface area contributed by atoms with Crippen molar-refractivity contribution in [3.05, 3.63) is 60.7 Å². The molecule has 4 bridgehead atoms. The minimum atomic E-state index is 0.551. The van der Waals surface area contributed by atoms with Crippen LogP contribution in [-0.2, 0) is 33.2 Å². The second-order valence-corrected chi connectivity index (χ2v) is 14.9. The summed E-state index contributed by atoms with van der Waals surface area (Å²) in [4.78, 5) is 9.22. The number of rotatable bonds is 2. The van der Waals surface area contributed by atoms with Gasteiger partial charge in [0.1, 0.15) is 26.4 Å². The average Bonchev–Trinajstić information content (AvgIpc) is 3.29. The summed E-state index contributed by atoms with van der Waals surface area (Å²) in [6, 6.07) is 11.9. The average molecular weight is 857 g/mol. The third-order valence-electron chi connectivity index (χ3n) is 10.6. The summed E-state index contributed by atoms with van der Waals surface area (Å²) in [5, 5.41) is 0. The molecule has 2 aromatic rings. The standard InChI is InChI=1S/C24H38N2O6.C22H34N2O5/c1-2-22-3-4-23-24(21-22)32-16-10-26-7-13-29-19-17-27-11-5-25(9-15-31-23)6-12-28-18-20-30-14-8-26;1-2-20-3-4-21-22(19-20)29-16-10-24-6-12-25-11-5-23(9-15-28-21)7-13-26-17-18-27-14-8-24/h2-4,21H,1,5-20H2;2-4,19H,1,5-18H2. The Morgan fingerprint density at radius 2 is 0.525 bits per heavy atom. The van der Waals surface area contributed by atoms with E-state index in [-0.39, 0.29) is 0 Å². The zero-order valence-electron chi connectivity index (χ0n) is 36.5. The smallest absolute Gasteiger partial charge is 0.161 e. The Morgan fingerprint density at radius 3 is 0.787 bits per heavy atom. The van der Waals surface area contributed by atoms with E-state index >= 15 is 0 Å². The minimum absolute atomic E-state index is 0.551. The van der Waals surface area contributed by atoms with Crippen molar-refractivity contribution in [2.45, 2.75) is 0 Å². The first kappa shape index (κ1) is 48.7. The van der Waals surface area contributed by atoms with Gasteiger partial charge in [-0.2, -0.15) is 0 Å². The molecule has 2 saturated heterocycles. The zero-order valence-corrected chi connectivity index (χ0v) is 36.5. The third kappa shape index (κ3) is 20.2. The van der Waals surface area contributed by atoms with Crippen molar-refractivity contribution >= 4 is 12.2 Å². The van der Waals surface area contributed by atoms with Gasteiger partial charge in [0, 0.05) is 78.5 Å². The summed E-state index contributed by atoms with van der Waals surface area (Å²) in [5.74, 6) is 3.04. The highest BCUT2D eigenvalue weighted by molar-refractivity contribution is 5.55. The van der Waals surface area contributed by atoms with Gasteiger partial charge in [-0.3, -0.25) is 19.6 Å². The first-order valence-electron chi connectivity index (χ1n) is 22.2. The van der Waals surface area contributed by atoms with Gasteiger partial charge in [0.15, 0.2) is 23.0 Å². The summed E-state index contributed by atoms with van der Waals surface area (Å²) in [7, 11) is 0. The minimum Gasteiger partial charge on any atom is -0.488 e. The van der Waals surface area contributed by atoms with Gasteiger partial charge in [-0.15, -0.1) is 0 Å². The lowest BCUT2D eigenvalue weighted by molar-refractivity contribution is 0.00506. The van der Waals surface area contributed by atoms with Crippen LogP contribution >= 0.6 is 0 Å². The summed E-state index contributed by atoms with van der Waals surface area (Å²) >= 11 is 0. The summed E-state index contributed by atoms with van der Waals surface area (Å²) in [6.07, 6.45) is 3.64. The van der Waals surface area contributed by atoms with Gasteiger partial charge >= 0.3 is 0 Å². The van der Waals surface area contributed by atoms with Crippen molar-refractivity contribution in [1.82, 2.24) is 19.6 Å². The molecule has 0 N–H and O–H groups in total. The van der Waals surface area contributed by atoms with Crippen LogP contribution in [0.2, 0.25) is 0 Å². The molecule has 15 heteroatoms. The summed E-state index contributed by atoms with van der Waals surface area (Å²) in [5.41, 5.74) is 2.02. The molecule has 5 heterocycles. The van der Waals surface area contributed by atoms with Gasteiger partial charge in [0.2, 0.25) is 0 Å².